The molecule has 0 aliphatic carbocycles. The van der Waals surface area contributed by atoms with E-state index < -0.39 is 12.0 Å². The van der Waals surface area contributed by atoms with E-state index in [1.807, 2.05) is 0 Å². The second kappa shape index (κ2) is 4.22. The normalized spacial score (nSPS) is 12.6. The zero-order chi connectivity index (χ0) is 12.6. The summed E-state index contributed by atoms with van der Waals surface area (Å²) < 4.78 is 1.54. The molecular weight excluding hydrogens is 242 g/mol. The molecule has 2 rings (SSSR count). The van der Waals surface area contributed by atoms with Gasteiger partial charge in [0.05, 0.1) is 5.52 Å². The second-order valence-corrected chi connectivity index (χ2v) is 4.20. The highest BCUT2D eigenvalue weighted by Gasteiger charge is 2.14. The topological polar surface area (TPSA) is 59.3 Å². The molecule has 0 saturated heterocycles. The van der Waals surface area contributed by atoms with Crippen LogP contribution in [0.5, 0.6) is 0 Å². The Labute approximate surface area is 102 Å². The van der Waals surface area contributed by atoms with Crippen LogP contribution >= 0.6 is 11.6 Å². The van der Waals surface area contributed by atoms with Gasteiger partial charge in [0, 0.05) is 22.7 Å². The quantitative estimate of drug-likeness (QED) is 0.891. The van der Waals surface area contributed by atoms with E-state index in [2.05, 4.69) is 0 Å². The molecule has 5 heteroatoms. The molecule has 0 amide bonds. The smallest absolute Gasteiger partial charge is 0.326 e. The van der Waals surface area contributed by atoms with E-state index in [-0.39, 0.29) is 5.43 Å². The van der Waals surface area contributed by atoms with E-state index in [1.54, 1.807) is 25.1 Å². The fourth-order valence-corrected chi connectivity index (χ4v) is 1.88. The summed E-state index contributed by atoms with van der Waals surface area (Å²) in [5, 5.41) is 9.87. The van der Waals surface area contributed by atoms with Crippen LogP contribution < -0.4 is 5.43 Å². The van der Waals surface area contributed by atoms with E-state index in [1.165, 1.54) is 16.8 Å². The van der Waals surface area contributed by atoms with Crippen molar-refractivity contribution in [2.45, 2.75) is 13.0 Å². The predicted octanol–water partition coefficient (Wildman–Crippen LogP) is 2.30. The minimum Gasteiger partial charge on any atom is -0.480 e. The molecule has 0 fully saturated rings. The number of benzene rings is 1. The molecule has 1 heterocycles. The van der Waals surface area contributed by atoms with Gasteiger partial charge in [0.15, 0.2) is 5.43 Å². The van der Waals surface area contributed by atoms with Crippen molar-refractivity contribution in [3.8, 4) is 0 Å². The number of aromatic nitrogens is 1. The van der Waals surface area contributed by atoms with Gasteiger partial charge in [-0.3, -0.25) is 4.79 Å². The van der Waals surface area contributed by atoms with Crippen molar-refractivity contribution in [1.29, 1.82) is 0 Å². The van der Waals surface area contributed by atoms with Gasteiger partial charge in [0.2, 0.25) is 0 Å². The van der Waals surface area contributed by atoms with Crippen LogP contribution in [0.1, 0.15) is 13.0 Å². The van der Waals surface area contributed by atoms with Gasteiger partial charge < -0.3 is 9.67 Å². The van der Waals surface area contributed by atoms with E-state index in [9.17, 15) is 9.59 Å². The highest BCUT2D eigenvalue weighted by molar-refractivity contribution is 6.31. The minimum absolute atomic E-state index is 0.170. The average Bonchev–Trinajstić information content (AvgIpc) is 2.29. The molecule has 0 saturated carbocycles. The Hall–Kier alpha value is -1.81. The summed E-state index contributed by atoms with van der Waals surface area (Å²) in [5.41, 5.74) is 0.396. The van der Waals surface area contributed by atoms with Crippen molar-refractivity contribution >= 4 is 28.5 Å². The van der Waals surface area contributed by atoms with E-state index in [0.29, 0.717) is 15.9 Å². The Morgan fingerprint density at radius 3 is 2.76 bits per heavy atom. The van der Waals surface area contributed by atoms with Crippen molar-refractivity contribution in [2.24, 2.45) is 0 Å². The number of aliphatic carboxylic acids is 1. The van der Waals surface area contributed by atoms with Crippen LogP contribution in [0.25, 0.3) is 10.9 Å². The van der Waals surface area contributed by atoms with Crippen molar-refractivity contribution in [3.05, 3.63) is 45.7 Å². The van der Waals surface area contributed by atoms with Gasteiger partial charge in [-0.15, -0.1) is 0 Å². The van der Waals surface area contributed by atoms with Crippen LogP contribution in [0.4, 0.5) is 0 Å². The summed E-state index contributed by atoms with van der Waals surface area (Å²) in [5.74, 6) is -0.954. The summed E-state index contributed by atoms with van der Waals surface area (Å²) in [4.78, 5) is 22.6. The second-order valence-electron chi connectivity index (χ2n) is 3.76. The van der Waals surface area contributed by atoms with Crippen molar-refractivity contribution in [1.82, 2.24) is 4.57 Å². The predicted molar refractivity (Wildman–Crippen MR) is 65.6 cm³/mol. The highest BCUT2D eigenvalue weighted by Crippen LogP contribution is 2.19. The van der Waals surface area contributed by atoms with E-state index in [0.717, 1.165) is 0 Å². The number of carboxylic acid groups (broad SMARTS) is 1. The molecule has 2 aromatic rings. The summed E-state index contributed by atoms with van der Waals surface area (Å²) in [6, 6.07) is 5.44. The van der Waals surface area contributed by atoms with Crippen LogP contribution in [0.2, 0.25) is 5.02 Å². The Bertz CT molecular complexity index is 648. The Balaban J connectivity index is 2.79. The molecule has 1 atom stereocenters. The molecule has 0 spiro atoms. The van der Waals surface area contributed by atoms with Crippen molar-refractivity contribution in [3.63, 3.8) is 0 Å². The monoisotopic (exact) mass is 251 g/mol. The number of nitrogens with zero attached hydrogens (tertiary/aromatic N) is 1. The number of halogens is 1. The van der Waals surface area contributed by atoms with Gasteiger partial charge in [-0.25, -0.2) is 4.79 Å². The average molecular weight is 252 g/mol. The van der Waals surface area contributed by atoms with Gasteiger partial charge in [-0.2, -0.15) is 0 Å². The number of carboxylic acids is 1. The third-order valence-electron chi connectivity index (χ3n) is 2.66. The molecule has 0 bridgehead atoms. The lowest BCUT2D eigenvalue weighted by Gasteiger charge is -2.14. The number of hydrogen-bond acceptors (Lipinski definition) is 2. The van der Waals surface area contributed by atoms with Crippen LogP contribution in [-0.4, -0.2) is 15.6 Å². The van der Waals surface area contributed by atoms with Crippen molar-refractivity contribution < 1.29 is 9.90 Å². The number of carbonyl (C=O) groups is 1. The molecule has 1 aromatic heterocycles. The van der Waals surface area contributed by atoms with Gasteiger partial charge >= 0.3 is 5.97 Å². The minimum atomic E-state index is -0.954. The Morgan fingerprint density at radius 1 is 1.41 bits per heavy atom. The summed E-state index contributed by atoms with van der Waals surface area (Å²) in [7, 11) is 0. The van der Waals surface area contributed by atoms with Crippen molar-refractivity contribution in [2.75, 3.05) is 0 Å². The molecule has 0 aliphatic heterocycles. The Kier molecular flexibility index (Phi) is 2.90. The molecule has 17 heavy (non-hydrogen) atoms. The molecule has 88 valence electrons. The summed E-state index contributed by atoms with van der Waals surface area (Å²) >= 11 is 5.82. The lowest BCUT2D eigenvalue weighted by atomic mass is 10.2. The van der Waals surface area contributed by atoms with E-state index in [4.69, 9.17) is 16.7 Å². The maximum Gasteiger partial charge on any atom is 0.326 e. The molecular formula is C12H10ClNO3. The molecule has 1 N–H and O–H groups in total. The zero-order valence-corrected chi connectivity index (χ0v) is 9.81. The zero-order valence-electron chi connectivity index (χ0n) is 9.05. The summed E-state index contributed by atoms with van der Waals surface area (Å²) in [6.07, 6.45) is 1.48. The number of hydrogen-bond donors (Lipinski definition) is 1. The molecule has 0 radical (unpaired) electrons. The van der Waals surface area contributed by atoms with Gasteiger partial charge in [-0.05, 0) is 25.1 Å². The molecule has 4 nitrogen and oxygen atoms in total. The Morgan fingerprint density at radius 2 is 2.12 bits per heavy atom. The third-order valence-corrected chi connectivity index (χ3v) is 2.90. The van der Waals surface area contributed by atoms with E-state index >= 15 is 0 Å². The van der Waals surface area contributed by atoms with Crippen LogP contribution in [-0.2, 0) is 4.79 Å². The van der Waals surface area contributed by atoms with Gasteiger partial charge in [0.25, 0.3) is 0 Å². The van der Waals surface area contributed by atoms with Crippen LogP contribution in [0.15, 0.2) is 35.3 Å². The largest absolute Gasteiger partial charge is 0.480 e. The fourth-order valence-electron chi connectivity index (χ4n) is 1.71. The third kappa shape index (κ3) is 2.03. The molecule has 0 aliphatic rings. The van der Waals surface area contributed by atoms with Crippen LogP contribution in [0.3, 0.4) is 0 Å². The number of rotatable bonds is 2. The molecule has 1 unspecified atom stereocenters. The summed E-state index contributed by atoms with van der Waals surface area (Å²) in [6.45, 7) is 1.56. The van der Waals surface area contributed by atoms with Gasteiger partial charge in [0.1, 0.15) is 6.04 Å². The maximum atomic E-state index is 11.7. The maximum absolute atomic E-state index is 11.7. The van der Waals surface area contributed by atoms with Crippen LogP contribution in [0, 0.1) is 0 Å². The highest BCUT2D eigenvalue weighted by atomic mass is 35.5. The molecule has 1 aromatic carbocycles. The SMILES string of the molecule is CC(C(=O)O)n1ccc(=O)c2cc(Cl)ccc21. The fraction of sp³-hybridized carbons (Fsp3) is 0.167. The van der Waals surface area contributed by atoms with Gasteiger partial charge in [-0.1, -0.05) is 11.6 Å². The lowest BCUT2D eigenvalue weighted by Crippen LogP contribution is -2.18. The first-order valence-electron chi connectivity index (χ1n) is 5.04. The lowest BCUT2D eigenvalue weighted by molar-refractivity contribution is -0.140. The first kappa shape index (κ1) is 11.7. The first-order valence-corrected chi connectivity index (χ1v) is 5.41. The number of pyridine rings is 1. The number of fused-ring (bicyclic) bond motifs is 1. The standard InChI is InChI=1S/C12H10ClNO3/c1-7(12(16)17)14-5-4-11(15)9-6-8(13)2-3-10(9)14/h2-7H,1H3,(H,16,17). The first-order chi connectivity index (χ1) is 8.00.